The molecule has 3 aliphatic heterocycles. The summed E-state index contributed by atoms with van der Waals surface area (Å²) in [5.41, 5.74) is 1.81. The van der Waals surface area contributed by atoms with E-state index in [0.29, 0.717) is 63.2 Å². The Morgan fingerprint density at radius 1 is 1.25 bits per heavy atom. The molecule has 40 heavy (non-hydrogen) atoms. The van der Waals surface area contributed by atoms with Gasteiger partial charge < -0.3 is 23.8 Å². The molecule has 3 aliphatic rings. The van der Waals surface area contributed by atoms with Crippen LogP contribution < -0.4 is 15.0 Å². The lowest BCUT2D eigenvalue weighted by molar-refractivity contribution is -0.136. The highest BCUT2D eigenvalue weighted by atomic mass is 16.6. The van der Waals surface area contributed by atoms with Gasteiger partial charge in [-0.25, -0.2) is 14.8 Å². The van der Waals surface area contributed by atoms with Gasteiger partial charge in [-0.15, -0.1) is 0 Å². The summed E-state index contributed by atoms with van der Waals surface area (Å²) in [6.07, 6.45) is 2.75. The summed E-state index contributed by atoms with van der Waals surface area (Å²) >= 11 is 0. The van der Waals surface area contributed by atoms with Crippen molar-refractivity contribution in [2.75, 3.05) is 50.7 Å². The number of hydrogen-bond donors (Lipinski definition) is 1. The standard InChI is InChI=1S/C27H30N6O7/c1-37-20-5-7-32(26(20)35)12-17-8-16-4-3-6-33(25(16)30-19(17)13-34)27(36)31-24-9-21(18(10-28)11-29-24)40-23-15-39-14-22(23)38-2/h8-9,11,13,20,22-23H,3-7,12,14-15H2,1-2H3,(H,29,31,36)/t20?,22-,23-/m1/s1. The Hall–Kier alpha value is -4.12. The van der Waals surface area contributed by atoms with Crippen molar-refractivity contribution in [1.82, 2.24) is 14.9 Å². The van der Waals surface area contributed by atoms with Gasteiger partial charge in [0.2, 0.25) is 0 Å². The maximum Gasteiger partial charge on any atom is 0.328 e. The topological polar surface area (TPSA) is 156 Å². The third kappa shape index (κ3) is 5.46. The molecule has 0 bridgehead atoms. The molecule has 5 heterocycles. The number of nitriles is 1. The number of rotatable bonds is 8. The number of aryl methyl sites for hydroxylation is 1. The van der Waals surface area contributed by atoms with Crippen LogP contribution in [0.3, 0.4) is 0 Å². The number of nitrogens with one attached hydrogen (secondary N) is 1. The Morgan fingerprint density at radius 3 is 2.80 bits per heavy atom. The second-order valence-corrected chi connectivity index (χ2v) is 9.74. The van der Waals surface area contributed by atoms with Gasteiger partial charge in [-0.05, 0) is 24.5 Å². The first-order valence-corrected chi connectivity index (χ1v) is 13.0. The van der Waals surface area contributed by atoms with Crippen molar-refractivity contribution in [3.63, 3.8) is 0 Å². The molecule has 0 aromatic carbocycles. The molecule has 5 rings (SSSR count). The minimum Gasteiger partial charge on any atom is -0.484 e. The molecule has 0 aliphatic carbocycles. The van der Waals surface area contributed by atoms with E-state index in [1.165, 1.54) is 24.3 Å². The molecule has 13 heteroatoms. The Labute approximate surface area is 231 Å². The number of pyridine rings is 2. The van der Waals surface area contributed by atoms with Crippen LogP contribution >= 0.6 is 0 Å². The number of nitrogens with zero attached hydrogens (tertiary/aromatic N) is 5. The van der Waals surface area contributed by atoms with Gasteiger partial charge in [0.05, 0.1) is 19.4 Å². The maximum absolute atomic E-state index is 13.3. The number of urea groups is 1. The van der Waals surface area contributed by atoms with Gasteiger partial charge in [-0.2, -0.15) is 5.26 Å². The van der Waals surface area contributed by atoms with Crippen LogP contribution in [-0.4, -0.2) is 91.9 Å². The average molecular weight is 551 g/mol. The first kappa shape index (κ1) is 27.4. The summed E-state index contributed by atoms with van der Waals surface area (Å²) in [7, 11) is 3.07. The molecule has 210 valence electrons. The van der Waals surface area contributed by atoms with Crippen LogP contribution in [0.2, 0.25) is 0 Å². The molecular weight excluding hydrogens is 520 g/mol. The Kier molecular flexibility index (Phi) is 8.20. The Balaban J connectivity index is 1.34. The third-order valence-corrected chi connectivity index (χ3v) is 7.31. The number of fused-ring (bicyclic) bond motifs is 1. The van der Waals surface area contributed by atoms with Crippen molar-refractivity contribution in [3.8, 4) is 11.8 Å². The molecule has 13 nitrogen and oxygen atoms in total. The monoisotopic (exact) mass is 550 g/mol. The summed E-state index contributed by atoms with van der Waals surface area (Å²) < 4.78 is 22.0. The second kappa shape index (κ2) is 12.0. The van der Waals surface area contributed by atoms with E-state index in [0.717, 1.165) is 5.56 Å². The Bertz CT molecular complexity index is 1350. The van der Waals surface area contributed by atoms with Crippen LogP contribution in [0.25, 0.3) is 0 Å². The van der Waals surface area contributed by atoms with E-state index in [-0.39, 0.29) is 41.4 Å². The molecule has 1 N–H and O–H groups in total. The lowest BCUT2D eigenvalue weighted by Crippen LogP contribution is -2.40. The van der Waals surface area contributed by atoms with Crippen LogP contribution in [0.15, 0.2) is 18.3 Å². The normalized spacial score (nSPS) is 22.1. The predicted molar refractivity (Wildman–Crippen MR) is 140 cm³/mol. The molecule has 0 saturated carbocycles. The van der Waals surface area contributed by atoms with Crippen LogP contribution in [-0.2, 0) is 32.0 Å². The smallest absolute Gasteiger partial charge is 0.328 e. The largest absolute Gasteiger partial charge is 0.484 e. The number of aromatic nitrogens is 2. The van der Waals surface area contributed by atoms with E-state index in [9.17, 15) is 19.6 Å². The molecule has 0 spiro atoms. The number of carbonyl (C=O) groups is 3. The summed E-state index contributed by atoms with van der Waals surface area (Å²) in [4.78, 5) is 49.7. The highest BCUT2D eigenvalue weighted by Crippen LogP contribution is 2.30. The van der Waals surface area contributed by atoms with Crippen LogP contribution in [0.5, 0.6) is 5.75 Å². The number of amides is 3. The van der Waals surface area contributed by atoms with Crippen molar-refractivity contribution >= 4 is 29.9 Å². The maximum atomic E-state index is 13.3. The fourth-order valence-electron chi connectivity index (χ4n) is 5.15. The quantitative estimate of drug-likeness (QED) is 0.480. The van der Waals surface area contributed by atoms with E-state index in [4.69, 9.17) is 18.9 Å². The lowest BCUT2D eigenvalue weighted by Gasteiger charge is -2.29. The zero-order valence-corrected chi connectivity index (χ0v) is 22.3. The molecule has 3 atom stereocenters. The number of anilines is 2. The molecule has 0 radical (unpaired) electrons. The highest BCUT2D eigenvalue weighted by molar-refractivity contribution is 6.01. The van der Waals surface area contributed by atoms with Gasteiger partial charge in [-0.3, -0.25) is 19.8 Å². The second-order valence-electron chi connectivity index (χ2n) is 9.74. The van der Waals surface area contributed by atoms with Crippen molar-refractivity contribution in [2.45, 2.75) is 44.1 Å². The number of likely N-dealkylation sites (tertiary alicyclic amines) is 1. The number of aldehydes is 1. The molecular formula is C27H30N6O7. The summed E-state index contributed by atoms with van der Waals surface area (Å²) in [5.74, 6) is 0.705. The van der Waals surface area contributed by atoms with Crippen molar-refractivity contribution < 1.29 is 33.3 Å². The number of methoxy groups -OCH3 is 2. The number of hydrogen-bond acceptors (Lipinski definition) is 10. The van der Waals surface area contributed by atoms with E-state index >= 15 is 0 Å². The summed E-state index contributed by atoms with van der Waals surface area (Å²) in [5, 5.41) is 12.3. The van der Waals surface area contributed by atoms with Gasteiger partial charge in [-0.1, -0.05) is 0 Å². The number of carbonyl (C=O) groups excluding carboxylic acids is 3. The highest BCUT2D eigenvalue weighted by Gasteiger charge is 2.33. The van der Waals surface area contributed by atoms with Gasteiger partial charge in [0.25, 0.3) is 5.91 Å². The molecule has 1 unspecified atom stereocenters. The van der Waals surface area contributed by atoms with Crippen LogP contribution in [0.1, 0.15) is 40.0 Å². The van der Waals surface area contributed by atoms with E-state index in [1.54, 1.807) is 12.0 Å². The molecule has 2 aromatic heterocycles. The van der Waals surface area contributed by atoms with Gasteiger partial charge in [0, 0.05) is 51.9 Å². The van der Waals surface area contributed by atoms with E-state index < -0.39 is 18.2 Å². The van der Waals surface area contributed by atoms with Crippen LogP contribution in [0.4, 0.5) is 16.4 Å². The van der Waals surface area contributed by atoms with Crippen LogP contribution in [0, 0.1) is 11.3 Å². The predicted octanol–water partition coefficient (Wildman–Crippen LogP) is 1.69. The molecule has 3 amide bonds. The lowest BCUT2D eigenvalue weighted by atomic mass is 10.0. The fourth-order valence-corrected chi connectivity index (χ4v) is 5.15. The summed E-state index contributed by atoms with van der Waals surface area (Å²) in [6.45, 7) is 1.85. The molecule has 2 fully saturated rings. The third-order valence-electron chi connectivity index (χ3n) is 7.31. The van der Waals surface area contributed by atoms with Crippen molar-refractivity contribution in [3.05, 3.63) is 40.7 Å². The first-order valence-electron chi connectivity index (χ1n) is 13.0. The minimum absolute atomic E-state index is 0.116. The minimum atomic E-state index is -0.488. The zero-order valence-electron chi connectivity index (χ0n) is 22.3. The Morgan fingerprint density at radius 2 is 2.08 bits per heavy atom. The summed E-state index contributed by atoms with van der Waals surface area (Å²) in [6, 6.07) is 4.89. The van der Waals surface area contributed by atoms with Gasteiger partial charge in [0.15, 0.2) is 12.4 Å². The zero-order chi connectivity index (χ0) is 28.2. The first-order chi connectivity index (χ1) is 19.4. The van der Waals surface area contributed by atoms with Gasteiger partial charge >= 0.3 is 6.03 Å². The molecule has 2 saturated heterocycles. The van der Waals surface area contributed by atoms with Crippen molar-refractivity contribution in [1.29, 1.82) is 5.26 Å². The number of ether oxygens (including phenoxy) is 4. The van der Waals surface area contributed by atoms with Gasteiger partial charge in [0.1, 0.15) is 46.9 Å². The van der Waals surface area contributed by atoms with Crippen molar-refractivity contribution in [2.24, 2.45) is 0 Å². The van der Waals surface area contributed by atoms with E-state index in [1.807, 2.05) is 12.1 Å². The van der Waals surface area contributed by atoms with E-state index in [2.05, 4.69) is 15.3 Å². The SMILES string of the molecule is COC1CCN(Cc2cc3c(nc2C=O)N(C(=O)Nc2cc(O[C@@H]4COC[C@H]4OC)c(C#N)cn2)CCC3)C1=O. The molecule has 2 aromatic rings. The fraction of sp³-hybridized carbons (Fsp3) is 0.481. The average Bonchev–Trinajstić information content (AvgIpc) is 3.57.